The molecule has 1 aromatic carbocycles. The van der Waals surface area contributed by atoms with E-state index >= 15 is 0 Å². The van der Waals surface area contributed by atoms with Gasteiger partial charge in [0.1, 0.15) is 0 Å². The van der Waals surface area contributed by atoms with Crippen molar-refractivity contribution in [2.75, 3.05) is 5.75 Å². The Morgan fingerprint density at radius 1 is 1.43 bits per heavy atom. The Morgan fingerprint density at radius 2 is 2.04 bits per heavy atom. The molecule has 0 unspecified atom stereocenters. The summed E-state index contributed by atoms with van der Waals surface area (Å²) in [4.78, 5) is 12.0. The highest BCUT2D eigenvalue weighted by molar-refractivity contribution is 9.10. The summed E-state index contributed by atoms with van der Waals surface area (Å²) in [6.45, 7) is 1.35. The zero-order chi connectivity index (χ0) is 17.3. The van der Waals surface area contributed by atoms with Crippen LogP contribution in [0.25, 0.3) is 0 Å². The van der Waals surface area contributed by atoms with Gasteiger partial charge in [0.05, 0.1) is 5.75 Å². The lowest BCUT2D eigenvalue weighted by Gasteiger charge is -2.32. The number of aliphatic hydroxyl groups is 1. The maximum absolute atomic E-state index is 13.0. The van der Waals surface area contributed by atoms with Crippen LogP contribution in [0.2, 0.25) is 0 Å². The number of nitrogens with zero attached hydrogens (tertiary/aromatic N) is 2. The summed E-state index contributed by atoms with van der Waals surface area (Å²) in [5.74, 6) is -0.602. The molecule has 9 heteroatoms. The second-order valence-electron chi connectivity index (χ2n) is 5.15. The average molecular weight is 411 g/mol. The molecule has 1 heterocycles. The maximum Gasteiger partial charge on any atom is 0.438 e. The Bertz CT molecular complexity index is 621. The summed E-state index contributed by atoms with van der Waals surface area (Å²) >= 11 is 4.47. The molecule has 0 fully saturated rings. The molecule has 1 aliphatic heterocycles. The van der Waals surface area contributed by atoms with E-state index in [1.54, 1.807) is 0 Å². The van der Waals surface area contributed by atoms with Gasteiger partial charge in [0, 0.05) is 22.4 Å². The fourth-order valence-electron chi connectivity index (χ4n) is 2.10. The molecule has 0 bridgehead atoms. The SMILES string of the molecule is CC1=NN(C(=O)CSCc2ccc(Br)cc2)[C@@](O)(C(F)(F)F)C1. The molecular formula is C14H14BrF3N2O2S. The summed E-state index contributed by atoms with van der Waals surface area (Å²) < 4.78 is 40.0. The highest BCUT2D eigenvalue weighted by Crippen LogP contribution is 2.40. The van der Waals surface area contributed by atoms with Gasteiger partial charge in [-0.15, -0.1) is 11.8 Å². The number of rotatable bonds is 4. The second-order valence-corrected chi connectivity index (χ2v) is 7.05. The molecule has 1 amide bonds. The monoisotopic (exact) mass is 410 g/mol. The van der Waals surface area contributed by atoms with Gasteiger partial charge in [0.2, 0.25) is 0 Å². The van der Waals surface area contributed by atoms with E-state index in [0.29, 0.717) is 5.75 Å². The van der Waals surface area contributed by atoms with Crippen LogP contribution in [0, 0.1) is 0 Å². The topological polar surface area (TPSA) is 52.9 Å². The van der Waals surface area contributed by atoms with Gasteiger partial charge in [0.15, 0.2) is 0 Å². The maximum atomic E-state index is 13.0. The van der Waals surface area contributed by atoms with Crippen molar-refractivity contribution in [1.82, 2.24) is 5.01 Å². The molecule has 0 radical (unpaired) electrons. The quantitative estimate of drug-likeness (QED) is 0.825. The highest BCUT2D eigenvalue weighted by atomic mass is 79.9. The van der Waals surface area contributed by atoms with Crippen molar-refractivity contribution in [2.24, 2.45) is 5.10 Å². The lowest BCUT2D eigenvalue weighted by molar-refractivity contribution is -0.301. The molecule has 1 atom stereocenters. The van der Waals surface area contributed by atoms with Crippen LogP contribution in [0.3, 0.4) is 0 Å². The second kappa shape index (κ2) is 6.82. The van der Waals surface area contributed by atoms with E-state index < -0.39 is 24.2 Å². The van der Waals surface area contributed by atoms with Crippen LogP contribution in [0.1, 0.15) is 18.9 Å². The molecule has 0 spiro atoms. The zero-order valence-electron chi connectivity index (χ0n) is 12.1. The molecule has 23 heavy (non-hydrogen) atoms. The summed E-state index contributed by atoms with van der Waals surface area (Å²) in [6, 6.07) is 7.39. The third-order valence-corrected chi connectivity index (χ3v) is 4.74. The normalized spacial score (nSPS) is 21.5. The predicted octanol–water partition coefficient (Wildman–Crippen LogP) is 3.54. The lowest BCUT2D eigenvalue weighted by atomic mass is 10.1. The van der Waals surface area contributed by atoms with E-state index in [1.807, 2.05) is 24.3 Å². The number of hydrogen-bond donors (Lipinski definition) is 1. The number of carbonyl (C=O) groups is 1. The van der Waals surface area contributed by atoms with Crippen LogP contribution in [-0.4, -0.2) is 39.4 Å². The van der Waals surface area contributed by atoms with E-state index in [-0.39, 0.29) is 16.5 Å². The minimum absolute atomic E-state index is 0.0658. The van der Waals surface area contributed by atoms with Gasteiger partial charge in [-0.05, 0) is 24.6 Å². The van der Waals surface area contributed by atoms with Crippen LogP contribution in [0.4, 0.5) is 13.2 Å². The molecule has 0 saturated heterocycles. The van der Waals surface area contributed by atoms with Crippen molar-refractivity contribution in [1.29, 1.82) is 0 Å². The predicted molar refractivity (Wildman–Crippen MR) is 85.9 cm³/mol. The van der Waals surface area contributed by atoms with Gasteiger partial charge in [0.25, 0.3) is 11.6 Å². The number of thioether (sulfide) groups is 1. The zero-order valence-corrected chi connectivity index (χ0v) is 14.5. The summed E-state index contributed by atoms with van der Waals surface area (Å²) in [7, 11) is 0. The van der Waals surface area contributed by atoms with Crippen LogP contribution in [0.5, 0.6) is 0 Å². The number of alkyl halides is 3. The van der Waals surface area contributed by atoms with Crippen LogP contribution >= 0.6 is 27.7 Å². The first-order chi connectivity index (χ1) is 10.6. The molecule has 1 aliphatic rings. The lowest BCUT2D eigenvalue weighted by Crippen LogP contribution is -2.57. The first-order valence-electron chi connectivity index (χ1n) is 6.62. The van der Waals surface area contributed by atoms with E-state index in [2.05, 4.69) is 21.0 Å². The van der Waals surface area contributed by atoms with E-state index in [0.717, 1.165) is 10.0 Å². The van der Waals surface area contributed by atoms with E-state index in [9.17, 15) is 23.1 Å². The van der Waals surface area contributed by atoms with Crippen molar-refractivity contribution < 1.29 is 23.1 Å². The van der Waals surface area contributed by atoms with Gasteiger partial charge < -0.3 is 5.11 Å². The third kappa shape index (κ3) is 4.07. The number of carbonyl (C=O) groups excluding carboxylic acids is 1. The molecule has 0 saturated carbocycles. The van der Waals surface area contributed by atoms with Gasteiger partial charge in [-0.3, -0.25) is 4.79 Å². The minimum Gasteiger partial charge on any atom is -0.362 e. The summed E-state index contributed by atoms with van der Waals surface area (Å²) in [6.07, 6.45) is -5.68. The Labute approximate surface area is 143 Å². The summed E-state index contributed by atoms with van der Waals surface area (Å²) in [5, 5.41) is 13.5. The van der Waals surface area contributed by atoms with Crippen molar-refractivity contribution in [3.05, 3.63) is 34.3 Å². The molecular weight excluding hydrogens is 397 g/mol. The minimum atomic E-state index is -4.96. The fourth-order valence-corrected chi connectivity index (χ4v) is 3.19. The Balaban J connectivity index is 1.98. The van der Waals surface area contributed by atoms with E-state index in [4.69, 9.17) is 0 Å². The fraction of sp³-hybridized carbons (Fsp3) is 0.429. The number of halogens is 4. The standard InChI is InChI=1S/C14H14BrF3N2O2S/c1-9-6-13(22,14(16,17)18)20(19-9)12(21)8-23-7-10-2-4-11(15)5-3-10/h2-5,22H,6-8H2,1H3/t13-/m0/s1. The van der Waals surface area contributed by atoms with Crippen molar-refractivity contribution in [2.45, 2.75) is 31.0 Å². The van der Waals surface area contributed by atoms with Gasteiger partial charge in [-0.1, -0.05) is 28.1 Å². The Kier molecular flexibility index (Phi) is 5.42. The molecule has 0 aromatic heterocycles. The Morgan fingerprint density at radius 3 is 2.61 bits per heavy atom. The van der Waals surface area contributed by atoms with E-state index in [1.165, 1.54) is 18.7 Å². The number of amides is 1. The van der Waals surface area contributed by atoms with Gasteiger partial charge >= 0.3 is 6.18 Å². The largest absolute Gasteiger partial charge is 0.438 e. The molecule has 1 N–H and O–H groups in total. The molecule has 4 nitrogen and oxygen atoms in total. The highest BCUT2D eigenvalue weighted by Gasteiger charge is 2.62. The smallest absolute Gasteiger partial charge is 0.362 e. The number of hydrazone groups is 1. The molecule has 1 aromatic rings. The van der Waals surface area contributed by atoms with Crippen molar-refractivity contribution >= 4 is 39.3 Å². The average Bonchev–Trinajstić information content (AvgIpc) is 2.77. The molecule has 0 aliphatic carbocycles. The van der Waals surface area contributed by atoms with Crippen molar-refractivity contribution in [3.63, 3.8) is 0 Å². The third-order valence-electron chi connectivity index (χ3n) is 3.22. The van der Waals surface area contributed by atoms with Crippen LogP contribution < -0.4 is 0 Å². The number of benzene rings is 1. The van der Waals surface area contributed by atoms with Gasteiger partial charge in [-0.2, -0.15) is 23.3 Å². The molecule has 2 rings (SSSR count). The molecule has 126 valence electrons. The summed E-state index contributed by atoms with van der Waals surface area (Å²) in [5.41, 5.74) is -2.24. The van der Waals surface area contributed by atoms with Crippen LogP contribution in [0.15, 0.2) is 33.8 Å². The number of hydrogen-bond acceptors (Lipinski definition) is 4. The van der Waals surface area contributed by atoms with Gasteiger partial charge in [-0.25, -0.2) is 0 Å². The van der Waals surface area contributed by atoms with Crippen LogP contribution in [-0.2, 0) is 10.5 Å². The first-order valence-corrected chi connectivity index (χ1v) is 8.57. The van der Waals surface area contributed by atoms with Crippen molar-refractivity contribution in [3.8, 4) is 0 Å². The first kappa shape index (κ1) is 18.3. The Hall–Kier alpha value is -1.06.